The summed E-state index contributed by atoms with van der Waals surface area (Å²) in [6, 6.07) is 16.1. The van der Waals surface area contributed by atoms with Gasteiger partial charge in [0.05, 0.1) is 5.54 Å². The Labute approximate surface area is 232 Å². The van der Waals surface area contributed by atoms with Crippen LogP contribution < -0.4 is 9.80 Å². The molecule has 206 valence electrons. The number of benzene rings is 2. The van der Waals surface area contributed by atoms with Crippen molar-refractivity contribution in [3.05, 3.63) is 59.1 Å². The highest BCUT2D eigenvalue weighted by molar-refractivity contribution is 6.30. The number of carbonyl (C=O) groups excluding carboxylic acids is 1. The van der Waals surface area contributed by atoms with Crippen LogP contribution in [0, 0.1) is 11.3 Å². The molecule has 0 unspecified atom stereocenters. The first kappa shape index (κ1) is 28.2. The van der Waals surface area contributed by atoms with Crippen molar-refractivity contribution >= 4 is 35.0 Å². The molecule has 0 bridgehead atoms. The quantitative estimate of drug-likeness (QED) is 0.517. The maximum atomic E-state index is 13.3. The Morgan fingerprint density at radius 3 is 2.16 bits per heavy atom. The standard InChI is InChI=1S/C30H41ClN4O3/c1-29(2,3)30(4)21-33(18-19-35(30)28(37)38)20-22-6-10-25(11-7-22)32(5)27(36)23-14-16-34(17-15-23)26-12-8-24(31)9-13-26/h6-13,23H,14-21H2,1-5H3,(H,37,38)/t30-/m1/s1. The fourth-order valence-electron chi connectivity index (χ4n) is 5.69. The number of carbonyl (C=O) groups is 2. The summed E-state index contributed by atoms with van der Waals surface area (Å²) < 4.78 is 0. The lowest BCUT2D eigenvalue weighted by Crippen LogP contribution is -2.67. The van der Waals surface area contributed by atoms with E-state index < -0.39 is 11.6 Å². The molecule has 0 radical (unpaired) electrons. The van der Waals surface area contributed by atoms with Gasteiger partial charge in [0.1, 0.15) is 0 Å². The average molecular weight is 541 g/mol. The Balaban J connectivity index is 1.34. The van der Waals surface area contributed by atoms with E-state index in [9.17, 15) is 14.7 Å². The minimum absolute atomic E-state index is 0.0174. The molecule has 2 amide bonds. The van der Waals surface area contributed by atoms with Gasteiger partial charge in [-0.25, -0.2) is 4.79 Å². The van der Waals surface area contributed by atoms with Crippen LogP contribution in [-0.2, 0) is 11.3 Å². The number of rotatable bonds is 5. The normalized spacial score (nSPS) is 21.4. The number of carboxylic acid groups (broad SMARTS) is 1. The molecular formula is C30H41ClN4O3. The molecule has 0 aromatic heterocycles. The van der Waals surface area contributed by atoms with E-state index in [0.29, 0.717) is 19.6 Å². The highest BCUT2D eigenvalue weighted by Crippen LogP contribution is 2.39. The van der Waals surface area contributed by atoms with Gasteiger partial charge in [0, 0.05) is 68.6 Å². The number of piperazine rings is 1. The van der Waals surface area contributed by atoms with E-state index in [0.717, 1.165) is 54.4 Å². The summed E-state index contributed by atoms with van der Waals surface area (Å²) >= 11 is 6.02. The second kappa shape index (κ2) is 11.1. The molecule has 2 aromatic rings. The molecule has 1 atom stereocenters. The second-order valence-corrected chi connectivity index (χ2v) is 12.4. The van der Waals surface area contributed by atoms with Crippen LogP contribution in [0.15, 0.2) is 48.5 Å². The first-order valence-electron chi connectivity index (χ1n) is 13.5. The largest absolute Gasteiger partial charge is 0.465 e. The first-order valence-corrected chi connectivity index (χ1v) is 13.9. The lowest BCUT2D eigenvalue weighted by Gasteiger charge is -2.54. The van der Waals surface area contributed by atoms with Crippen LogP contribution in [0.5, 0.6) is 0 Å². The summed E-state index contributed by atoms with van der Waals surface area (Å²) in [6.07, 6.45) is 0.812. The van der Waals surface area contributed by atoms with Gasteiger partial charge in [-0.1, -0.05) is 44.5 Å². The Bertz CT molecular complexity index is 1120. The number of hydrogen-bond acceptors (Lipinski definition) is 4. The van der Waals surface area contributed by atoms with Crippen molar-refractivity contribution in [1.82, 2.24) is 9.80 Å². The topological polar surface area (TPSA) is 67.3 Å². The van der Waals surface area contributed by atoms with Gasteiger partial charge in [0.2, 0.25) is 5.91 Å². The molecule has 4 rings (SSSR count). The van der Waals surface area contributed by atoms with Gasteiger partial charge in [0.15, 0.2) is 0 Å². The van der Waals surface area contributed by atoms with E-state index >= 15 is 0 Å². The average Bonchev–Trinajstić information content (AvgIpc) is 2.88. The van der Waals surface area contributed by atoms with Crippen molar-refractivity contribution in [2.75, 3.05) is 49.6 Å². The van der Waals surface area contributed by atoms with Gasteiger partial charge in [-0.05, 0) is 67.1 Å². The third-order valence-electron chi connectivity index (χ3n) is 8.71. The molecule has 2 fully saturated rings. The third-order valence-corrected chi connectivity index (χ3v) is 8.96. The highest BCUT2D eigenvalue weighted by Gasteiger charge is 2.48. The van der Waals surface area contributed by atoms with Crippen LogP contribution >= 0.6 is 11.6 Å². The van der Waals surface area contributed by atoms with E-state index in [-0.39, 0.29) is 17.2 Å². The van der Waals surface area contributed by atoms with Crippen molar-refractivity contribution < 1.29 is 14.7 Å². The monoisotopic (exact) mass is 540 g/mol. The van der Waals surface area contributed by atoms with Gasteiger partial charge in [-0.3, -0.25) is 14.6 Å². The fraction of sp³-hybridized carbons (Fsp3) is 0.533. The lowest BCUT2D eigenvalue weighted by atomic mass is 9.72. The van der Waals surface area contributed by atoms with Gasteiger partial charge >= 0.3 is 6.09 Å². The Morgan fingerprint density at radius 1 is 1.00 bits per heavy atom. The van der Waals surface area contributed by atoms with Gasteiger partial charge in [-0.15, -0.1) is 0 Å². The maximum Gasteiger partial charge on any atom is 0.407 e. The predicted molar refractivity (Wildman–Crippen MR) is 154 cm³/mol. The molecule has 38 heavy (non-hydrogen) atoms. The Hall–Kier alpha value is -2.77. The summed E-state index contributed by atoms with van der Waals surface area (Å²) in [6.45, 7) is 12.7. The smallest absolute Gasteiger partial charge is 0.407 e. The zero-order valence-electron chi connectivity index (χ0n) is 23.3. The van der Waals surface area contributed by atoms with E-state index in [1.165, 1.54) is 0 Å². The summed E-state index contributed by atoms with van der Waals surface area (Å²) in [5, 5.41) is 10.5. The summed E-state index contributed by atoms with van der Waals surface area (Å²) in [5.41, 5.74) is 2.53. The molecule has 2 saturated heterocycles. The minimum atomic E-state index is -0.852. The molecule has 1 N–H and O–H groups in total. The maximum absolute atomic E-state index is 13.3. The summed E-state index contributed by atoms with van der Waals surface area (Å²) in [4.78, 5) is 33.2. The van der Waals surface area contributed by atoms with Gasteiger partial charge < -0.3 is 14.9 Å². The first-order chi connectivity index (χ1) is 17.9. The molecule has 0 spiro atoms. The van der Waals surface area contributed by atoms with Gasteiger partial charge in [-0.2, -0.15) is 0 Å². The lowest BCUT2D eigenvalue weighted by molar-refractivity contribution is -0.122. The van der Waals surface area contributed by atoms with E-state index in [1.807, 2.05) is 43.4 Å². The number of anilines is 2. The van der Waals surface area contributed by atoms with Crippen molar-refractivity contribution in [3.63, 3.8) is 0 Å². The van der Waals surface area contributed by atoms with E-state index in [4.69, 9.17) is 11.6 Å². The number of nitrogens with zero attached hydrogens (tertiary/aromatic N) is 4. The fourth-order valence-corrected chi connectivity index (χ4v) is 5.82. The van der Waals surface area contributed by atoms with Crippen LogP contribution in [0.1, 0.15) is 46.1 Å². The van der Waals surface area contributed by atoms with Crippen LogP contribution in [0.3, 0.4) is 0 Å². The molecule has 8 heteroatoms. The zero-order chi connectivity index (χ0) is 27.7. The summed E-state index contributed by atoms with van der Waals surface area (Å²) in [7, 11) is 1.86. The van der Waals surface area contributed by atoms with Crippen LogP contribution in [-0.4, -0.2) is 72.2 Å². The molecule has 7 nitrogen and oxygen atoms in total. The van der Waals surface area contributed by atoms with E-state index in [2.05, 4.69) is 49.6 Å². The minimum Gasteiger partial charge on any atom is -0.465 e. The Kier molecular flexibility index (Phi) is 8.29. The zero-order valence-corrected chi connectivity index (χ0v) is 24.0. The number of amides is 2. The Morgan fingerprint density at radius 2 is 1.61 bits per heavy atom. The number of piperidine rings is 1. The van der Waals surface area contributed by atoms with Crippen molar-refractivity contribution in [1.29, 1.82) is 0 Å². The molecule has 0 aliphatic carbocycles. The van der Waals surface area contributed by atoms with Crippen LogP contribution in [0.25, 0.3) is 0 Å². The van der Waals surface area contributed by atoms with Crippen molar-refractivity contribution in [3.8, 4) is 0 Å². The van der Waals surface area contributed by atoms with Crippen molar-refractivity contribution in [2.45, 2.75) is 52.6 Å². The number of halogens is 1. The van der Waals surface area contributed by atoms with Crippen molar-refractivity contribution in [2.24, 2.45) is 11.3 Å². The molecule has 2 heterocycles. The van der Waals surface area contributed by atoms with Crippen LogP contribution in [0.2, 0.25) is 5.02 Å². The summed E-state index contributed by atoms with van der Waals surface area (Å²) in [5.74, 6) is 0.183. The molecule has 2 aliphatic heterocycles. The molecule has 0 saturated carbocycles. The second-order valence-electron chi connectivity index (χ2n) is 12.0. The number of hydrogen-bond donors (Lipinski definition) is 1. The predicted octanol–water partition coefficient (Wildman–Crippen LogP) is 5.82. The molecule has 2 aliphatic rings. The van der Waals surface area contributed by atoms with Gasteiger partial charge in [0.25, 0.3) is 0 Å². The third kappa shape index (κ3) is 5.94. The van der Waals surface area contributed by atoms with Crippen LogP contribution in [0.4, 0.5) is 16.2 Å². The highest BCUT2D eigenvalue weighted by atomic mass is 35.5. The molecular weight excluding hydrogens is 500 g/mol. The van der Waals surface area contributed by atoms with E-state index in [1.54, 1.807) is 9.80 Å². The SMILES string of the molecule is CN(C(=O)C1CCN(c2ccc(Cl)cc2)CC1)c1ccc(CN2CCN(C(=O)O)[C@@](C)(C(C)(C)C)C2)cc1. The molecule has 2 aromatic carbocycles.